The first-order valence-corrected chi connectivity index (χ1v) is 8.69. The van der Waals surface area contributed by atoms with Crippen molar-refractivity contribution in [1.82, 2.24) is 14.5 Å². The minimum absolute atomic E-state index is 0.278. The van der Waals surface area contributed by atoms with Crippen LogP contribution in [0.2, 0.25) is 0 Å². The average molecular weight is 396 g/mol. The molecule has 0 spiro atoms. The number of imidazole rings is 1. The van der Waals surface area contributed by atoms with Crippen molar-refractivity contribution in [3.63, 3.8) is 0 Å². The summed E-state index contributed by atoms with van der Waals surface area (Å²) in [6, 6.07) is 14.8. The van der Waals surface area contributed by atoms with Crippen molar-refractivity contribution in [2.45, 2.75) is 6.18 Å². The van der Waals surface area contributed by atoms with Crippen LogP contribution in [0.5, 0.6) is 0 Å². The number of nitrogens with one attached hydrogen (secondary N) is 1. The molecule has 0 bridgehead atoms. The molecular weight excluding hydrogens is 381 g/mol. The molecule has 2 heterocycles. The van der Waals surface area contributed by atoms with Crippen LogP contribution in [0.3, 0.4) is 0 Å². The van der Waals surface area contributed by atoms with Gasteiger partial charge in [-0.3, -0.25) is 4.79 Å². The number of nitrogens with zero attached hydrogens (tertiary/aromatic N) is 3. The van der Waals surface area contributed by atoms with Gasteiger partial charge in [-0.15, -0.1) is 0 Å². The first-order valence-electron chi connectivity index (χ1n) is 8.69. The smallest absolute Gasteiger partial charge is 0.322 e. The van der Waals surface area contributed by atoms with Crippen LogP contribution in [-0.4, -0.2) is 20.4 Å². The van der Waals surface area contributed by atoms with Gasteiger partial charge in [-0.2, -0.15) is 13.2 Å². The molecule has 0 fully saturated rings. The van der Waals surface area contributed by atoms with Gasteiger partial charge in [-0.1, -0.05) is 12.1 Å². The zero-order valence-electron chi connectivity index (χ0n) is 15.2. The third kappa shape index (κ3) is 3.69. The summed E-state index contributed by atoms with van der Waals surface area (Å²) in [7, 11) is 1.84. The van der Waals surface area contributed by atoms with Gasteiger partial charge in [0.1, 0.15) is 11.3 Å². The summed E-state index contributed by atoms with van der Waals surface area (Å²) in [5, 5.41) is 2.61. The summed E-state index contributed by atoms with van der Waals surface area (Å²) in [6.07, 6.45) is -2.74. The first kappa shape index (κ1) is 18.7. The third-order valence-electron chi connectivity index (χ3n) is 4.48. The highest BCUT2D eigenvalue weighted by molar-refractivity contribution is 6.05. The molecule has 29 heavy (non-hydrogen) atoms. The zero-order valence-corrected chi connectivity index (χ0v) is 15.2. The number of hydrogen-bond donors (Lipinski definition) is 1. The number of benzene rings is 2. The summed E-state index contributed by atoms with van der Waals surface area (Å²) < 4.78 is 39.8. The van der Waals surface area contributed by atoms with Crippen molar-refractivity contribution in [3.8, 4) is 11.4 Å². The lowest BCUT2D eigenvalue weighted by atomic mass is 10.1. The predicted molar refractivity (Wildman–Crippen MR) is 103 cm³/mol. The first-order chi connectivity index (χ1) is 13.8. The van der Waals surface area contributed by atoms with Gasteiger partial charge in [0.15, 0.2) is 5.65 Å². The maximum absolute atomic E-state index is 12.7. The van der Waals surface area contributed by atoms with Gasteiger partial charge in [-0.05, 0) is 48.5 Å². The van der Waals surface area contributed by atoms with E-state index in [2.05, 4.69) is 15.3 Å². The number of pyridine rings is 1. The number of fused-ring (bicyclic) bond motifs is 1. The topological polar surface area (TPSA) is 59.8 Å². The molecule has 4 aromatic rings. The standard InChI is InChI=1S/C21H15F3N4O/c1-28-18(27-17-6-3-11-25-19(17)28)13-4-2-5-14(12-13)20(29)26-16-9-7-15(8-10-16)21(22,23)24/h2-12H,1H3,(H,26,29). The molecule has 1 N–H and O–H groups in total. The highest BCUT2D eigenvalue weighted by Gasteiger charge is 2.30. The quantitative estimate of drug-likeness (QED) is 0.536. The van der Waals surface area contributed by atoms with Gasteiger partial charge in [0.25, 0.3) is 5.91 Å². The van der Waals surface area contributed by atoms with Crippen molar-refractivity contribution < 1.29 is 18.0 Å². The molecule has 0 unspecified atom stereocenters. The van der Waals surface area contributed by atoms with Crippen molar-refractivity contribution in [2.24, 2.45) is 7.05 Å². The highest BCUT2D eigenvalue weighted by Crippen LogP contribution is 2.30. The molecule has 1 amide bonds. The van der Waals surface area contributed by atoms with E-state index in [9.17, 15) is 18.0 Å². The molecule has 0 saturated carbocycles. The number of carbonyl (C=O) groups excluding carboxylic acids is 1. The Labute approximate surface area is 163 Å². The number of aryl methyl sites for hydroxylation is 1. The van der Waals surface area contributed by atoms with E-state index in [0.29, 0.717) is 11.4 Å². The molecule has 146 valence electrons. The summed E-state index contributed by atoms with van der Waals surface area (Å²) in [5.74, 6) is 0.228. The van der Waals surface area contributed by atoms with E-state index in [-0.39, 0.29) is 5.69 Å². The fourth-order valence-corrected chi connectivity index (χ4v) is 3.03. The Balaban J connectivity index is 1.59. The average Bonchev–Trinajstić information content (AvgIpc) is 3.05. The molecule has 4 rings (SSSR count). The molecule has 0 aliphatic carbocycles. The van der Waals surface area contributed by atoms with Gasteiger partial charge in [0.05, 0.1) is 5.56 Å². The van der Waals surface area contributed by atoms with Crippen molar-refractivity contribution in [1.29, 1.82) is 0 Å². The maximum atomic E-state index is 12.7. The number of rotatable bonds is 3. The maximum Gasteiger partial charge on any atom is 0.416 e. The molecular formula is C21H15F3N4O. The van der Waals surface area contributed by atoms with Gasteiger partial charge in [-0.25, -0.2) is 9.97 Å². The van der Waals surface area contributed by atoms with Gasteiger partial charge in [0, 0.05) is 30.1 Å². The van der Waals surface area contributed by atoms with Crippen LogP contribution >= 0.6 is 0 Å². The lowest BCUT2D eigenvalue weighted by Gasteiger charge is -2.09. The Hall–Kier alpha value is -3.68. The molecule has 0 radical (unpaired) electrons. The highest BCUT2D eigenvalue weighted by atomic mass is 19.4. The number of amides is 1. The Kier molecular flexibility index (Phi) is 4.54. The number of anilines is 1. The molecule has 5 nitrogen and oxygen atoms in total. The van der Waals surface area contributed by atoms with Gasteiger partial charge < -0.3 is 9.88 Å². The SMILES string of the molecule is Cn1c(-c2cccc(C(=O)Nc3ccc(C(F)(F)F)cc3)c2)nc2cccnc21. The normalized spacial score (nSPS) is 11.6. The van der Waals surface area contributed by atoms with Gasteiger partial charge >= 0.3 is 6.18 Å². The zero-order chi connectivity index (χ0) is 20.6. The lowest BCUT2D eigenvalue weighted by molar-refractivity contribution is -0.137. The van der Waals surface area contributed by atoms with Crippen LogP contribution in [0.4, 0.5) is 18.9 Å². The van der Waals surface area contributed by atoms with E-state index in [1.807, 2.05) is 23.7 Å². The number of carbonyl (C=O) groups is 1. The number of aromatic nitrogens is 3. The van der Waals surface area contributed by atoms with Crippen molar-refractivity contribution in [3.05, 3.63) is 78.0 Å². The molecule has 8 heteroatoms. The lowest BCUT2D eigenvalue weighted by Crippen LogP contribution is -2.12. The number of halogens is 3. The van der Waals surface area contributed by atoms with Crippen molar-refractivity contribution >= 4 is 22.8 Å². The van der Waals surface area contributed by atoms with Crippen molar-refractivity contribution in [2.75, 3.05) is 5.32 Å². The molecule has 2 aromatic heterocycles. The van der Waals surface area contributed by atoms with Crippen LogP contribution in [0, 0.1) is 0 Å². The molecule has 2 aromatic carbocycles. The Bertz CT molecular complexity index is 1200. The van der Waals surface area contributed by atoms with Crippen LogP contribution < -0.4 is 5.32 Å². The molecule has 0 aliphatic heterocycles. The predicted octanol–water partition coefficient (Wildman–Crippen LogP) is 4.91. The monoisotopic (exact) mass is 396 g/mol. The second kappa shape index (κ2) is 7.05. The van der Waals surface area contributed by atoms with E-state index in [4.69, 9.17) is 0 Å². The molecule has 0 aliphatic rings. The summed E-state index contributed by atoms with van der Waals surface area (Å²) in [4.78, 5) is 21.4. The fourth-order valence-electron chi connectivity index (χ4n) is 3.03. The van der Waals surface area contributed by atoms with E-state index in [0.717, 1.165) is 28.9 Å². The van der Waals surface area contributed by atoms with E-state index in [1.165, 1.54) is 12.1 Å². The van der Waals surface area contributed by atoms with Gasteiger partial charge in [0.2, 0.25) is 0 Å². The van der Waals surface area contributed by atoms with E-state index in [1.54, 1.807) is 30.5 Å². The molecule has 0 saturated heterocycles. The number of hydrogen-bond acceptors (Lipinski definition) is 3. The fraction of sp³-hybridized carbons (Fsp3) is 0.0952. The summed E-state index contributed by atoms with van der Waals surface area (Å²) in [5.41, 5.74) is 2.06. The van der Waals surface area contributed by atoms with Crippen LogP contribution in [0.25, 0.3) is 22.6 Å². The summed E-state index contributed by atoms with van der Waals surface area (Å²) >= 11 is 0. The van der Waals surface area contributed by atoms with Crippen LogP contribution in [0.1, 0.15) is 15.9 Å². The minimum atomic E-state index is -4.42. The van der Waals surface area contributed by atoms with E-state index >= 15 is 0 Å². The second-order valence-corrected chi connectivity index (χ2v) is 6.45. The Morgan fingerprint density at radius 1 is 1.03 bits per heavy atom. The Morgan fingerprint density at radius 3 is 2.48 bits per heavy atom. The minimum Gasteiger partial charge on any atom is -0.322 e. The third-order valence-corrected chi connectivity index (χ3v) is 4.48. The largest absolute Gasteiger partial charge is 0.416 e. The van der Waals surface area contributed by atoms with E-state index < -0.39 is 17.6 Å². The van der Waals surface area contributed by atoms with Crippen LogP contribution in [0.15, 0.2) is 66.9 Å². The van der Waals surface area contributed by atoms with Crippen LogP contribution in [-0.2, 0) is 13.2 Å². The Morgan fingerprint density at radius 2 is 1.79 bits per heavy atom. The number of alkyl halides is 3. The summed E-state index contributed by atoms with van der Waals surface area (Å²) in [6.45, 7) is 0. The second-order valence-electron chi connectivity index (χ2n) is 6.45. The molecule has 0 atom stereocenters.